The molecular weight excluding hydrogens is 322 g/mol. The molecule has 1 N–H and O–H groups in total. The first kappa shape index (κ1) is 15.4. The van der Waals surface area contributed by atoms with E-state index in [1.54, 1.807) is 0 Å². The van der Waals surface area contributed by atoms with E-state index < -0.39 is 0 Å². The van der Waals surface area contributed by atoms with Crippen LogP contribution in [0.2, 0.25) is 0 Å². The Hall–Kier alpha value is 0. The molecule has 3 nitrogen and oxygen atoms in total. The molecule has 2 rings (SSSR count). The van der Waals surface area contributed by atoms with E-state index in [2.05, 4.69) is 56.6 Å². The molecule has 5 heteroatoms. The lowest BCUT2D eigenvalue weighted by molar-refractivity contribution is 0.476. The normalized spacial score (nSPS) is 18.4. The van der Waals surface area contributed by atoms with Crippen molar-refractivity contribution in [3.63, 3.8) is 0 Å². The second-order valence-electron chi connectivity index (χ2n) is 5.50. The van der Waals surface area contributed by atoms with Crippen LogP contribution in [0.4, 0.5) is 0 Å². The van der Waals surface area contributed by atoms with Crippen LogP contribution < -0.4 is 5.32 Å². The van der Waals surface area contributed by atoms with Gasteiger partial charge in [-0.15, -0.1) is 0 Å². The van der Waals surface area contributed by atoms with E-state index in [1.165, 1.54) is 31.4 Å². The third-order valence-electron chi connectivity index (χ3n) is 3.76. The number of nitrogens with zero attached hydrogens (tertiary/aromatic N) is 2. The summed E-state index contributed by atoms with van der Waals surface area (Å²) in [5, 5.41) is 8.80. The maximum Gasteiger partial charge on any atom is 0.0707 e. The predicted octanol–water partition coefficient (Wildman–Crippen LogP) is 4.16. The van der Waals surface area contributed by atoms with Crippen molar-refractivity contribution in [1.82, 2.24) is 15.1 Å². The molecule has 1 aliphatic carbocycles. The van der Waals surface area contributed by atoms with Gasteiger partial charge in [-0.3, -0.25) is 4.68 Å². The predicted molar refractivity (Wildman–Crippen MR) is 86.8 cm³/mol. The second kappa shape index (κ2) is 7.14. The van der Waals surface area contributed by atoms with E-state index in [9.17, 15) is 0 Å². The highest BCUT2D eigenvalue weighted by Crippen LogP contribution is 2.34. The SMILES string of the molecule is CNC(CSC1CCCC1)c1c(Br)cnn1C(C)C. The van der Waals surface area contributed by atoms with E-state index in [0.29, 0.717) is 12.1 Å². The van der Waals surface area contributed by atoms with Crippen molar-refractivity contribution in [1.29, 1.82) is 0 Å². The van der Waals surface area contributed by atoms with Crippen LogP contribution in [0.15, 0.2) is 10.7 Å². The van der Waals surface area contributed by atoms with Crippen LogP contribution in [0.5, 0.6) is 0 Å². The Morgan fingerprint density at radius 2 is 2.16 bits per heavy atom. The van der Waals surface area contributed by atoms with Gasteiger partial charge in [-0.25, -0.2) is 0 Å². The van der Waals surface area contributed by atoms with Crippen LogP contribution in [-0.4, -0.2) is 27.8 Å². The summed E-state index contributed by atoms with van der Waals surface area (Å²) >= 11 is 5.77. The molecule has 0 amide bonds. The minimum absolute atomic E-state index is 0.366. The van der Waals surface area contributed by atoms with Crippen LogP contribution in [0.1, 0.15) is 57.3 Å². The smallest absolute Gasteiger partial charge is 0.0707 e. The van der Waals surface area contributed by atoms with Crippen molar-refractivity contribution < 1.29 is 0 Å². The van der Waals surface area contributed by atoms with Crippen LogP contribution in [0.3, 0.4) is 0 Å². The Bertz CT molecular complexity index is 399. The highest BCUT2D eigenvalue weighted by atomic mass is 79.9. The molecule has 0 aromatic carbocycles. The van der Waals surface area contributed by atoms with Crippen LogP contribution in [0, 0.1) is 0 Å². The van der Waals surface area contributed by atoms with E-state index in [0.717, 1.165) is 15.5 Å². The summed E-state index contributed by atoms with van der Waals surface area (Å²) < 4.78 is 3.24. The molecule has 1 unspecified atom stereocenters. The number of aromatic nitrogens is 2. The van der Waals surface area contributed by atoms with Gasteiger partial charge in [0.1, 0.15) is 0 Å². The standard InChI is InChI=1S/C14H24BrN3S/c1-10(2)18-14(12(15)8-17-18)13(16-3)9-19-11-6-4-5-7-11/h8,10-11,13,16H,4-7,9H2,1-3H3. The molecule has 1 fully saturated rings. The molecule has 19 heavy (non-hydrogen) atoms. The van der Waals surface area contributed by atoms with Gasteiger partial charge in [-0.05, 0) is 49.7 Å². The molecule has 1 atom stereocenters. The first-order valence-electron chi connectivity index (χ1n) is 7.15. The monoisotopic (exact) mass is 345 g/mol. The molecule has 1 aliphatic rings. The third-order valence-corrected chi connectivity index (χ3v) is 5.84. The molecule has 108 valence electrons. The molecule has 1 aromatic rings. The minimum atomic E-state index is 0.366. The molecule has 0 spiro atoms. The van der Waals surface area contributed by atoms with Crippen molar-refractivity contribution >= 4 is 27.7 Å². The van der Waals surface area contributed by atoms with E-state index in [1.807, 2.05) is 13.2 Å². The van der Waals surface area contributed by atoms with Crippen molar-refractivity contribution in [2.75, 3.05) is 12.8 Å². The largest absolute Gasteiger partial charge is 0.311 e. The number of thioether (sulfide) groups is 1. The summed E-state index contributed by atoms with van der Waals surface area (Å²) in [4.78, 5) is 0. The zero-order chi connectivity index (χ0) is 13.8. The maximum atomic E-state index is 4.48. The second-order valence-corrected chi connectivity index (χ2v) is 7.68. The van der Waals surface area contributed by atoms with E-state index >= 15 is 0 Å². The van der Waals surface area contributed by atoms with Gasteiger partial charge in [0.05, 0.1) is 22.4 Å². The van der Waals surface area contributed by atoms with E-state index in [4.69, 9.17) is 0 Å². The minimum Gasteiger partial charge on any atom is -0.311 e. The summed E-state index contributed by atoms with van der Waals surface area (Å²) in [5.41, 5.74) is 1.28. The van der Waals surface area contributed by atoms with Crippen LogP contribution in [0.25, 0.3) is 0 Å². The number of nitrogens with one attached hydrogen (secondary N) is 1. The number of halogens is 1. The Kier molecular flexibility index (Phi) is 5.78. The molecule has 0 aliphatic heterocycles. The number of rotatable bonds is 6. The van der Waals surface area contributed by atoms with Gasteiger partial charge < -0.3 is 5.32 Å². The maximum absolute atomic E-state index is 4.48. The first-order chi connectivity index (χ1) is 9.13. The van der Waals surface area contributed by atoms with Gasteiger partial charge in [-0.2, -0.15) is 16.9 Å². The lowest BCUT2D eigenvalue weighted by Crippen LogP contribution is -2.24. The van der Waals surface area contributed by atoms with Gasteiger partial charge in [-0.1, -0.05) is 12.8 Å². The van der Waals surface area contributed by atoms with E-state index in [-0.39, 0.29) is 0 Å². The molecule has 0 radical (unpaired) electrons. The highest BCUT2D eigenvalue weighted by Gasteiger charge is 2.23. The summed E-state index contributed by atoms with van der Waals surface area (Å²) in [6, 6.07) is 0.763. The topological polar surface area (TPSA) is 29.9 Å². The van der Waals surface area contributed by atoms with Gasteiger partial charge >= 0.3 is 0 Å². The van der Waals surface area contributed by atoms with Gasteiger partial charge in [0, 0.05) is 17.0 Å². The molecule has 1 saturated carbocycles. The zero-order valence-corrected chi connectivity index (χ0v) is 14.4. The van der Waals surface area contributed by atoms with Gasteiger partial charge in [0.2, 0.25) is 0 Å². The zero-order valence-electron chi connectivity index (χ0n) is 12.0. The van der Waals surface area contributed by atoms with Crippen molar-refractivity contribution in [3.8, 4) is 0 Å². The number of hydrogen-bond donors (Lipinski definition) is 1. The Morgan fingerprint density at radius 1 is 1.47 bits per heavy atom. The molecule has 0 saturated heterocycles. The number of hydrogen-bond acceptors (Lipinski definition) is 3. The van der Waals surface area contributed by atoms with Crippen molar-refractivity contribution in [2.45, 2.75) is 56.9 Å². The molecular formula is C14H24BrN3S. The van der Waals surface area contributed by atoms with Crippen LogP contribution >= 0.6 is 27.7 Å². The lowest BCUT2D eigenvalue weighted by atomic mass is 10.2. The molecule has 1 aromatic heterocycles. The Labute approximate surface area is 129 Å². The first-order valence-corrected chi connectivity index (χ1v) is 8.99. The summed E-state index contributed by atoms with van der Waals surface area (Å²) in [7, 11) is 2.05. The summed E-state index contributed by atoms with van der Waals surface area (Å²) in [6.45, 7) is 4.36. The van der Waals surface area contributed by atoms with Gasteiger partial charge in [0.25, 0.3) is 0 Å². The quantitative estimate of drug-likeness (QED) is 0.839. The fourth-order valence-corrected chi connectivity index (χ4v) is 4.68. The van der Waals surface area contributed by atoms with Crippen molar-refractivity contribution in [3.05, 3.63) is 16.4 Å². The third kappa shape index (κ3) is 3.76. The van der Waals surface area contributed by atoms with Crippen molar-refractivity contribution in [2.24, 2.45) is 0 Å². The highest BCUT2D eigenvalue weighted by molar-refractivity contribution is 9.10. The Morgan fingerprint density at radius 3 is 2.74 bits per heavy atom. The van der Waals surface area contributed by atoms with Gasteiger partial charge in [0.15, 0.2) is 0 Å². The average molecular weight is 346 g/mol. The van der Waals surface area contributed by atoms with Crippen LogP contribution in [-0.2, 0) is 0 Å². The average Bonchev–Trinajstić information content (AvgIpc) is 3.00. The fraction of sp³-hybridized carbons (Fsp3) is 0.786. The lowest BCUT2D eigenvalue weighted by Gasteiger charge is -2.21. The summed E-state index contributed by atoms with van der Waals surface area (Å²) in [6.07, 6.45) is 7.53. The Balaban J connectivity index is 2.05. The summed E-state index contributed by atoms with van der Waals surface area (Å²) in [5.74, 6) is 1.12. The fourth-order valence-electron chi connectivity index (χ4n) is 2.67. The molecule has 1 heterocycles. The molecule has 0 bridgehead atoms.